The second kappa shape index (κ2) is 8.62. The lowest BCUT2D eigenvalue weighted by Crippen LogP contribution is -2.51. The van der Waals surface area contributed by atoms with Crippen LogP contribution in [0.25, 0.3) is 0 Å². The first-order chi connectivity index (χ1) is 12.5. The maximum Gasteiger partial charge on any atom is 0.236 e. The second-order valence-corrected chi connectivity index (χ2v) is 7.45. The van der Waals surface area contributed by atoms with Crippen LogP contribution < -0.4 is 0 Å². The first-order valence-electron chi connectivity index (χ1n) is 9.63. The summed E-state index contributed by atoms with van der Waals surface area (Å²) in [5.41, 5.74) is 0. The van der Waals surface area contributed by atoms with Crippen molar-refractivity contribution in [2.24, 2.45) is 0 Å². The van der Waals surface area contributed by atoms with Crippen molar-refractivity contribution in [1.82, 2.24) is 24.8 Å². The van der Waals surface area contributed by atoms with E-state index in [2.05, 4.69) is 15.0 Å². The number of amides is 2. The SMILES string of the molecule is CC(C)c1noc(CCC(=O)N2CCN(CC(=O)N3CCCC3)CC2)n1. The molecule has 0 radical (unpaired) electrons. The zero-order valence-corrected chi connectivity index (χ0v) is 15.8. The molecule has 0 saturated carbocycles. The zero-order chi connectivity index (χ0) is 18.5. The number of aryl methyl sites for hydroxylation is 1. The molecular formula is C18H29N5O3. The van der Waals surface area contributed by atoms with Gasteiger partial charge >= 0.3 is 0 Å². The molecule has 2 aliphatic rings. The van der Waals surface area contributed by atoms with Crippen molar-refractivity contribution in [3.05, 3.63) is 11.7 Å². The maximum absolute atomic E-state index is 12.4. The molecule has 0 bridgehead atoms. The smallest absolute Gasteiger partial charge is 0.236 e. The first-order valence-corrected chi connectivity index (χ1v) is 9.63. The minimum Gasteiger partial charge on any atom is -0.342 e. The van der Waals surface area contributed by atoms with Gasteiger partial charge in [-0.2, -0.15) is 4.98 Å². The van der Waals surface area contributed by atoms with Crippen LogP contribution in [0.3, 0.4) is 0 Å². The number of likely N-dealkylation sites (tertiary alicyclic amines) is 1. The van der Waals surface area contributed by atoms with Crippen molar-refractivity contribution < 1.29 is 14.1 Å². The van der Waals surface area contributed by atoms with Gasteiger partial charge in [0.2, 0.25) is 17.7 Å². The number of nitrogens with zero attached hydrogens (tertiary/aromatic N) is 5. The van der Waals surface area contributed by atoms with Gasteiger partial charge in [0.1, 0.15) is 0 Å². The van der Waals surface area contributed by atoms with Gasteiger partial charge in [-0.15, -0.1) is 0 Å². The van der Waals surface area contributed by atoms with Gasteiger partial charge in [-0.1, -0.05) is 19.0 Å². The van der Waals surface area contributed by atoms with E-state index in [1.807, 2.05) is 23.6 Å². The Morgan fingerprint density at radius 3 is 2.27 bits per heavy atom. The van der Waals surface area contributed by atoms with Crippen LogP contribution >= 0.6 is 0 Å². The Bertz CT molecular complexity index is 616. The van der Waals surface area contributed by atoms with Gasteiger partial charge in [-0.25, -0.2) is 0 Å². The highest BCUT2D eigenvalue weighted by Crippen LogP contribution is 2.12. The Morgan fingerprint density at radius 2 is 1.65 bits per heavy atom. The normalized spacial score (nSPS) is 18.7. The van der Waals surface area contributed by atoms with Crippen molar-refractivity contribution in [1.29, 1.82) is 0 Å². The van der Waals surface area contributed by atoms with Gasteiger partial charge in [0.05, 0.1) is 6.54 Å². The van der Waals surface area contributed by atoms with Crippen molar-refractivity contribution in [2.45, 2.75) is 45.4 Å². The lowest BCUT2D eigenvalue weighted by Gasteiger charge is -2.35. The summed E-state index contributed by atoms with van der Waals surface area (Å²) in [5, 5.41) is 3.92. The van der Waals surface area contributed by atoms with E-state index in [4.69, 9.17) is 4.52 Å². The average Bonchev–Trinajstić information content (AvgIpc) is 3.32. The average molecular weight is 363 g/mol. The van der Waals surface area contributed by atoms with Crippen molar-refractivity contribution in [2.75, 3.05) is 45.8 Å². The summed E-state index contributed by atoms with van der Waals surface area (Å²) < 4.78 is 5.19. The molecule has 2 amide bonds. The van der Waals surface area contributed by atoms with Gasteiger partial charge in [0.15, 0.2) is 5.82 Å². The van der Waals surface area contributed by atoms with Crippen LogP contribution in [0, 0.1) is 0 Å². The fourth-order valence-electron chi connectivity index (χ4n) is 3.39. The van der Waals surface area contributed by atoms with Gasteiger partial charge in [-0.3, -0.25) is 14.5 Å². The van der Waals surface area contributed by atoms with E-state index in [0.717, 1.165) is 39.0 Å². The standard InChI is InChI=1S/C18H29N5O3/c1-14(2)18-19-15(26-20-18)5-6-16(24)23-11-9-21(10-12-23)13-17(25)22-7-3-4-8-22/h14H,3-13H2,1-2H3. The van der Waals surface area contributed by atoms with E-state index in [1.165, 1.54) is 0 Å². The molecule has 0 atom stereocenters. The van der Waals surface area contributed by atoms with Gasteiger partial charge in [-0.05, 0) is 12.8 Å². The van der Waals surface area contributed by atoms with Crippen molar-refractivity contribution >= 4 is 11.8 Å². The van der Waals surface area contributed by atoms with E-state index in [-0.39, 0.29) is 17.7 Å². The van der Waals surface area contributed by atoms with Crippen LogP contribution in [-0.2, 0) is 16.0 Å². The second-order valence-electron chi connectivity index (χ2n) is 7.45. The van der Waals surface area contributed by atoms with Crippen molar-refractivity contribution in [3.8, 4) is 0 Å². The third-order valence-electron chi connectivity index (χ3n) is 5.10. The monoisotopic (exact) mass is 363 g/mol. The number of aromatic nitrogens is 2. The Labute approximate surface area is 154 Å². The fraction of sp³-hybridized carbons (Fsp3) is 0.778. The summed E-state index contributed by atoms with van der Waals surface area (Å²) in [6.45, 7) is 9.13. The van der Waals surface area contributed by atoms with Crippen LogP contribution in [0.15, 0.2) is 4.52 Å². The Kier molecular flexibility index (Phi) is 6.24. The maximum atomic E-state index is 12.4. The minimum atomic E-state index is 0.111. The summed E-state index contributed by atoms with van der Waals surface area (Å²) in [4.78, 5) is 34.9. The summed E-state index contributed by atoms with van der Waals surface area (Å²) in [6, 6.07) is 0. The van der Waals surface area contributed by atoms with E-state index in [1.54, 1.807) is 0 Å². The van der Waals surface area contributed by atoms with Gasteiger partial charge < -0.3 is 14.3 Å². The molecule has 8 heteroatoms. The highest BCUT2D eigenvalue weighted by atomic mass is 16.5. The molecule has 3 rings (SSSR count). The van der Waals surface area contributed by atoms with Crippen LogP contribution in [0.5, 0.6) is 0 Å². The molecule has 0 aromatic carbocycles. The van der Waals surface area contributed by atoms with E-state index in [0.29, 0.717) is 44.2 Å². The molecule has 1 aromatic rings. The highest BCUT2D eigenvalue weighted by molar-refractivity contribution is 5.79. The predicted octanol–water partition coefficient (Wildman–Crippen LogP) is 0.892. The summed E-state index contributed by atoms with van der Waals surface area (Å²) in [7, 11) is 0. The number of hydrogen-bond donors (Lipinski definition) is 0. The first kappa shape index (κ1) is 18.8. The van der Waals surface area contributed by atoms with Crippen LogP contribution in [0.1, 0.15) is 50.7 Å². The third kappa shape index (κ3) is 4.81. The van der Waals surface area contributed by atoms with E-state index < -0.39 is 0 Å². The molecule has 0 aliphatic carbocycles. The summed E-state index contributed by atoms with van der Waals surface area (Å²) in [5.74, 6) is 1.76. The lowest BCUT2D eigenvalue weighted by atomic mass is 10.2. The molecule has 2 fully saturated rings. The summed E-state index contributed by atoms with van der Waals surface area (Å²) >= 11 is 0. The van der Waals surface area contributed by atoms with Crippen LogP contribution in [-0.4, -0.2) is 82.5 Å². The largest absolute Gasteiger partial charge is 0.342 e. The lowest BCUT2D eigenvalue weighted by molar-refractivity contribution is -0.134. The fourth-order valence-corrected chi connectivity index (χ4v) is 3.39. The Hall–Kier alpha value is -1.96. The van der Waals surface area contributed by atoms with Crippen LogP contribution in [0.2, 0.25) is 0 Å². The Balaban J connectivity index is 1.38. The molecule has 2 saturated heterocycles. The minimum absolute atomic E-state index is 0.111. The number of rotatable bonds is 6. The quantitative estimate of drug-likeness (QED) is 0.747. The van der Waals surface area contributed by atoms with Gasteiger partial charge in [0.25, 0.3) is 0 Å². The number of carbonyl (C=O) groups is 2. The summed E-state index contributed by atoms with van der Waals surface area (Å²) in [6.07, 6.45) is 3.10. The molecule has 144 valence electrons. The molecule has 26 heavy (non-hydrogen) atoms. The van der Waals surface area contributed by atoms with E-state index >= 15 is 0 Å². The molecule has 3 heterocycles. The molecule has 0 spiro atoms. The Morgan fingerprint density at radius 1 is 1.00 bits per heavy atom. The molecule has 1 aromatic heterocycles. The molecular weight excluding hydrogens is 334 g/mol. The van der Waals surface area contributed by atoms with Crippen LogP contribution in [0.4, 0.5) is 0 Å². The molecule has 2 aliphatic heterocycles. The topological polar surface area (TPSA) is 82.8 Å². The third-order valence-corrected chi connectivity index (χ3v) is 5.10. The predicted molar refractivity (Wildman–Crippen MR) is 95.5 cm³/mol. The number of hydrogen-bond acceptors (Lipinski definition) is 6. The highest BCUT2D eigenvalue weighted by Gasteiger charge is 2.25. The number of piperazine rings is 1. The van der Waals surface area contributed by atoms with E-state index in [9.17, 15) is 9.59 Å². The molecule has 0 unspecified atom stereocenters. The molecule has 0 N–H and O–H groups in total. The zero-order valence-electron chi connectivity index (χ0n) is 15.8. The molecule has 8 nitrogen and oxygen atoms in total. The van der Waals surface area contributed by atoms with Crippen molar-refractivity contribution in [3.63, 3.8) is 0 Å². The number of carbonyl (C=O) groups excluding carboxylic acids is 2. The van der Waals surface area contributed by atoms with Gasteiger partial charge in [0, 0.05) is 58.0 Å².